The SMILES string of the molecule is CC(=NOCc1c(C2CC2)cccc1-n1nnn(C)c1=O)c1ccc2c(c1)CCC2. The molecule has 0 aliphatic heterocycles. The maximum Gasteiger partial charge on any atom is 0.368 e. The minimum Gasteiger partial charge on any atom is -0.391 e. The molecule has 2 aliphatic rings. The Morgan fingerprint density at radius 1 is 1.17 bits per heavy atom. The van der Waals surface area contributed by atoms with Gasteiger partial charge in [0.05, 0.1) is 11.4 Å². The Morgan fingerprint density at radius 3 is 2.77 bits per heavy atom. The van der Waals surface area contributed by atoms with E-state index in [1.165, 1.54) is 38.9 Å². The van der Waals surface area contributed by atoms with Gasteiger partial charge in [-0.3, -0.25) is 0 Å². The maximum atomic E-state index is 12.4. The van der Waals surface area contributed by atoms with Crippen LogP contribution in [0.25, 0.3) is 5.69 Å². The first-order valence-electron chi connectivity index (χ1n) is 10.5. The molecular weight excluding hydrogens is 378 g/mol. The van der Waals surface area contributed by atoms with Crippen LogP contribution in [0.15, 0.2) is 46.3 Å². The van der Waals surface area contributed by atoms with E-state index in [2.05, 4.69) is 39.8 Å². The van der Waals surface area contributed by atoms with Gasteiger partial charge in [-0.2, -0.15) is 9.36 Å². The van der Waals surface area contributed by atoms with Gasteiger partial charge in [0, 0.05) is 12.6 Å². The van der Waals surface area contributed by atoms with Crippen molar-refractivity contribution in [2.45, 2.75) is 51.6 Å². The van der Waals surface area contributed by atoms with Crippen LogP contribution in [-0.4, -0.2) is 25.5 Å². The molecule has 0 unspecified atom stereocenters. The molecular formula is C23H25N5O2. The van der Waals surface area contributed by atoms with Crippen molar-refractivity contribution in [1.82, 2.24) is 19.8 Å². The van der Waals surface area contributed by atoms with Gasteiger partial charge in [0.15, 0.2) is 0 Å². The summed E-state index contributed by atoms with van der Waals surface area (Å²) in [4.78, 5) is 18.2. The number of nitrogens with zero attached hydrogens (tertiary/aromatic N) is 5. The zero-order chi connectivity index (χ0) is 20.7. The third-order valence-electron chi connectivity index (χ3n) is 6.08. The summed E-state index contributed by atoms with van der Waals surface area (Å²) < 4.78 is 2.56. The van der Waals surface area contributed by atoms with Gasteiger partial charge in [-0.25, -0.2) is 4.79 Å². The fourth-order valence-corrected chi connectivity index (χ4v) is 4.23. The van der Waals surface area contributed by atoms with Crippen LogP contribution in [0.2, 0.25) is 0 Å². The van der Waals surface area contributed by atoms with E-state index in [1.807, 2.05) is 19.1 Å². The van der Waals surface area contributed by atoms with Gasteiger partial charge >= 0.3 is 5.69 Å². The van der Waals surface area contributed by atoms with E-state index in [0.717, 1.165) is 36.1 Å². The molecule has 1 saturated carbocycles. The molecule has 154 valence electrons. The summed E-state index contributed by atoms with van der Waals surface area (Å²) >= 11 is 0. The first-order valence-corrected chi connectivity index (χ1v) is 10.5. The van der Waals surface area contributed by atoms with E-state index in [9.17, 15) is 4.79 Å². The molecule has 0 spiro atoms. The molecule has 1 fully saturated rings. The zero-order valence-electron chi connectivity index (χ0n) is 17.3. The number of aryl methyl sites for hydroxylation is 3. The lowest BCUT2D eigenvalue weighted by atomic mass is 10.0. The van der Waals surface area contributed by atoms with Crippen LogP contribution in [0.1, 0.15) is 59.9 Å². The van der Waals surface area contributed by atoms with E-state index in [1.54, 1.807) is 7.05 Å². The Bertz CT molecular complexity index is 1190. The van der Waals surface area contributed by atoms with E-state index in [4.69, 9.17) is 4.84 Å². The van der Waals surface area contributed by atoms with Crippen molar-refractivity contribution in [3.05, 3.63) is 74.7 Å². The number of hydrogen-bond donors (Lipinski definition) is 0. The lowest BCUT2D eigenvalue weighted by Crippen LogP contribution is -2.23. The van der Waals surface area contributed by atoms with Crippen LogP contribution in [0.4, 0.5) is 0 Å². The molecule has 0 atom stereocenters. The first-order chi connectivity index (χ1) is 14.6. The lowest BCUT2D eigenvalue weighted by molar-refractivity contribution is 0.129. The maximum absolute atomic E-state index is 12.4. The summed E-state index contributed by atoms with van der Waals surface area (Å²) in [6, 6.07) is 12.5. The van der Waals surface area contributed by atoms with Crippen molar-refractivity contribution in [1.29, 1.82) is 0 Å². The fourth-order valence-electron chi connectivity index (χ4n) is 4.23. The summed E-state index contributed by atoms with van der Waals surface area (Å²) in [7, 11) is 1.59. The molecule has 2 aromatic carbocycles. The smallest absolute Gasteiger partial charge is 0.368 e. The molecule has 1 aromatic heterocycles. The Kier molecular flexibility index (Phi) is 4.73. The minimum absolute atomic E-state index is 0.276. The molecule has 30 heavy (non-hydrogen) atoms. The van der Waals surface area contributed by atoms with Crippen molar-refractivity contribution in [3.8, 4) is 5.69 Å². The Hall–Kier alpha value is -3.22. The highest BCUT2D eigenvalue weighted by atomic mass is 16.6. The summed E-state index contributed by atoms with van der Waals surface area (Å²) in [6.07, 6.45) is 5.85. The number of tetrazole rings is 1. The molecule has 0 bridgehead atoms. The predicted molar refractivity (Wildman–Crippen MR) is 114 cm³/mol. The highest BCUT2D eigenvalue weighted by molar-refractivity contribution is 5.98. The molecule has 0 N–H and O–H groups in total. The van der Waals surface area contributed by atoms with Crippen LogP contribution in [0, 0.1) is 0 Å². The second-order valence-electron chi connectivity index (χ2n) is 8.20. The van der Waals surface area contributed by atoms with Gasteiger partial charge in [0.2, 0.25) is 0 Å². The molecule has 2 aliphatic carbocycles. The zero-order valence-corrected chi connectivity index (χ0v) is 17.3. The Balaban J connectivity index is 1.42. The summed E-state index contributed by atoms with van der Waals surface area (Å²) in [6.45, 7) is 2.25. The number of oxime groups is 1. The van der Waals surface area contributed by atoms with Crippen LogP contribution >= 0.6 is 0 Å². The molecule has 1 heterocycles. The van der Waals surface area contributed by atoms with Crippen LogP contribution < -0.4 is 5.69 Å². The largest absolute Gasteiger partial charge is 0.391 e. The highest BCUT2D eigenvalue weighted by Crippen LogP contribution is 2.43. The van der Waals surface area contributed by atoms with Gasteiger partial charge in [-0.05, 0) is 89.8 Å². The van der Waals surface area contributed by atoms with Crippen LogP contribution in [0.3, 0.4) is 0 Å². The number of rotatable bonds is 6. The van der Waals surface area contributed by atoms with Crippen molar-refractivity contribution in [3.63, 3.8) is 0 Å². The molecule has 0 saturated heterocycles. The summed E-state index contributed by atoms with van der Waals surface area (Å²) in [5.41, 5.74) is 7.41. The predicted octanol–water partition coefficient (Wildman–Crippen LogP) is 3.27. The van der Waals surface area contributed by atoms with Crippen LogP contribution in [-0.2, 0) is 31.3 Å². The number of fused-ring (bicyclic) bond motifs is 1. The molecule has 5 rings (SSSR count). The first kappa shape index (κ1) is 18.8. The average molecular weight is 403 g/mol. The summed E-state index contributed by atoms with van der Waals surface area (Å²) in [5, 5.41) is 12.3. The van der Waals surface area contributed by atoms with Crippen molar-refractivity contribution in [2.24, 2.45) is 12.2 Å². The standard InChI is InChI=1S/C23H25N5O2/c1-15(18-12-9-16-5-3-6-19(16)13-18)24-30-14-21-20(17-10-11-17)7-4-8-22(21)28-23(29)27(2)25-26-28/h4,7-9,12-13,17H,3,5-6,10-11,14H2,1-2H3. The molecule has 7 nitrogen and oxygen atoms in total. The van der Waals surface area contributed by atoms with Gasteiger partial charge in [0.25, 0.3) is 0 Å². The minimum atomic E-state index is -0.276. The van der Waals surface area contributed by atoms with Gasteiger partial charge in [0.1, 0.15) is 6.61 Å². The topological polar surface area (TPSA) is 74.3 Å². The van der Waals surface area contributed by atoms with E-state index < -0.39 is 0 Å². The van der Waals surface area contributed by atoms with Crippen molar-refractivity contribution >= 4 is 5.71 Å². The van der Waals surface area contributed by atoms with Crippen molar-refractivity contribution < 1.29 is 4.84 Å². The van der Waals surface area contributed by atoms with Gasteiger partial charge < -0.3 is 4.84 Å². The second-order valence-corrected chi connectivity index (χ2v) is 8.20. The van der Waals surface area contributed by atoms with E-state index in [0.29, 0.717) is 11.6 Å². The normalized spacial score (nSPS) is 16.0. The van der Waals surface area contributed by atoms with Gasteiger partial charge in [-0.1, -0.05) is 29.4 Å². The molecule has 7 heteroatoms. The van der Waals surface area contributed by atoms with E-state index in [-0.39, 0.29) is 12.3 Å². The Morgan fingerprint density at radius 2 is 2.00 bits per heavy atom. The molecule has 3 aromatic rings. The highest BCUT2D eigenvalue weighted by Gasteiger charge is 2.28. The number of hydrogen-bond acceptors (Lipinski definition) is 5. The third-order valence-corrected chi connectivity index (χ3v) is 6.08. The Labute approximate surface area is 175 Å². The molecule has 0 radical (unpaired) electrons. The molecule has 0 amide bonds. The monoisotopic (exact) mass is 403 g/mol. The lowest BCUT2D eigenvalue weighted by Gasteiger charge is -2.13. The third kappa shape index (κ3) is 3.44. The van der Waals surface area contributed by atoms with Crippen molar-refractivity contribution in [2.75, 3.05) is 0 Å². The van der Waals surface area contributed by atoms with Crippen LogP contribution in [0.5, 0.6) is 0 Å². The number of benzene rings is 2. The summed E-state index contributed by atoms with van der Waals surface area (Å²) in [5.74, 6) is 0.512. The fraction of sp³-hybridized carbons (Fsp3) is 0.391. The second kappa shape index (κ2) is 7.55. The average Bonchev–Trinajstić information content (AvgIpc) is 3.40. The van der Waals surface area contributed by atoms with Gasteiger partial charge in [-0.15, -0.1) is 0 Å². The quantitative estimate of drug-likeness (QED) is 0.468. The number of aromatic nitrogens is 4. The van der Waals surface area contributed by atoms with E-state index >= 15 is 0 Å².